The molecule has 6 nitrogen and oxygen atoms in total. The lowest BCUT2D eigenvalue weighted by Crippen LogP contribution is -2.26. The third-order valence-electron chi connectivity index (χ3n) is 3.17. The SMILES string of the molecule is CC(O)C1CCN(c2nc(Cl)nc(N(C)C)n2)C1. The number of rotatable bonds is 3. The first kappa shape index (κ1) is 13.3. The van der Waals surface area contributed by atoms with Gasteiger partial charge in [0.25, 0.3) is 0 Å². The van der Waals surface area contributed by atoms with E-state index in [1.807, 2.05) is 25.9 Å². The number of aliphatic hydroxyl groups excluding tert-OH is 1. The number of halogens is 1. The van der Waals surface area contributed by atoms with Crippen LogP contribution in [0.4, 0.5) is 11.9 Å². The Morgan fingerprint density at radius 1 is 1.39 bits per heavy atom. The predicted octanol–water partition coefficient (Wildman–Crippen LogP) is 0.798. The number of nitrogens with zero attached hydrogens (tertiary/aromatic N) is 5. The molecule has 7 heteroatoms. The monoisotopic (exact) mass is 271 g/mol. The van der Waals surface area contributed by atoms with Crippen LogP contribution in [0.5, 0.6) is 0 Å². The molecule has 0 radical (unpaired) electrons. The van der Waals surface area contributed by atoms with Crippen molar-refractivity contribution in [3.63, 3.8) is 0 Å². The van der Waals surface area contributed by atoms with Crippen molar-refractivity contribution in [1.82, 2.24) is 15.0 Å². The summed E-state index contributed by atoms with van der Waals surface area (Å²) < 4.78 is 0. The Balaban J connectivity index is 2.19. The van der Waals surface area contributed by atoms with Crippen molar-refractivity contribution in [1.29, 1.82) is 0 Å². The van der Waals surface area contributed by atoms with Gasteiger partial charge in [0.15, 0.2) is 0 Å². The van der Waals surface area contributed by atoms with E-state index in [0.29, 0.717) is 11.9 Å². The van der Waals surface area contributed by atoms with Gasteiger partial charge in [-0.15, -0.1) is 0 Å². The fourth-order valence-corrected chi connectivity index (χ4v) is 2.18. The smallest absolute Gasteiger partial charge is 0.231 e. The third-order valence-corrected chi connectivity index (χ3v) is 3.34. The quantitative estimate of drug-likeness (QED) is 0.877. The molecule has 0 bridgehead atoms. The van der Waals surface area contributed by atoms with Gasteiger partial charge in [0, 0.05) is 33.1 Å². The molecule has 18 heavy (non-hydrogen) atoms. The fraction of sp³-hybridized carbons (Fsp3) is 0.727. The molecule has 100 valence electrons. The molecule has 1 aliphatic heterocycles. The molecule has 2 unspecified atom stereocenters. The van der Waals surface area contributed by atoms with Crippen LogP contribution in [0.2, 0.25) is 5.28 Å². The molecule has 0 aromatic carbocycles. The second-order valence-electron chi connectivity index (χ2n) is 4.83. The van der Waals surface area contributed by atoms with Crippen molar-refractivity contribution >= 4 is 23.5 Å². The maximum atomic E-state index is 9.60. The summed E-state index contributed by atoms with van der Waals surface area (Å²) in [6.07, 6.45) is 0.638. The lowest BCUT2D eigenvalue weighted by atomic mass is 10.0. The van der Waals surface area contributed by atoms with Gasteiger partial charge >= 0.3 is 0 Å². The van der Waals surface area contributed by atoms with E-state index in [0.717, 1.165) is 19.5 Å². The van der Waals surface area contributed by atoms with Crippen molar-refractivity contribution in [2.75, 3.05) is 37.0 Å². The summed E-state index contributed by atoms with van der Waals surface area (Å²) in [5, 5.41) is 9.80. The molecule has 2 rings (SSSR count). The Hall–Kier alpha value is -1.14. The first-order valence-electron chi connectivity index (χ1n) is 5.99. The van der Waals surface area contributed by atoms with Gasteiger partial charge in [-0.1, -0.05) is 0 Å². The van der Waals surface area contributed by atoms with Crippen molar-refractivity contribution in [2.45, 2.75) is 19.4 Å². The molecule has 1 aromatic heterocycles. The van der Waals surface area contributed by atoms with Crippen molar-refractivity contribution in [3.05, 3.63) is 5.28 Å². The highest BCUT2D eigenvalue weighted by Gasteiger charge is 2.28. The highest BCUT2D eigenvalue weighted by atomic mass is 35.5. The molecule has 1 saturated heterocycles. The van der Waals surface area contributed by atoms with Crippen LogP contribution in [0.25, 0.3) is 0 Å². The van der Waals surface area contributed by atoms with Crippen LogP contribution in [-0.4, -0.2) is 53.3 Å². The standard InChI is InChI=1S/C11H18ClN5O/c1-7(18)8-4-5-17(6-8)11-14-9(12)13-10(15-11)16(2)3/h7-8,18H,4-6H2,1-3H3. The second-order valence-corrected chi connectivity index (χ2v) is 5.17. The van der Waals surface area contributed by atoms with Crippen molar-refractivity contribution < 1.29 is 5.11 Å². The largest absolute Gasteiger partial charge is 0.393 e. The van der Waals surface area contributed by atoms with E-state index in [-0.39, 0.29) is 17.3 Å². The van der Waals surface area contributed by atoms with E-state index in [1.165, 1.54) is 0 Å². The van der Waals surface area contributed by atoms with Crippen LogP contribution in [0.15, 0.2) is 0 Å². The lowest BCUT2D eigenvalue weighted by molar-refractivity contribution is 0.136. The molecular formula is C11H18ClN5O. The van der Waals surface area contributed by atoms with Crippen molar-refractivity contribution in [2.24, 2.45) is 5.92 Å². The molecule has 0 saturated carbocycles. The summed E-state index contributed by atoms with van der Waals surface area (Å²) in [5.41, 5.74) is 0. The van der Waals surface area contributed by atoms with Gasteiger partial charge in [-0.2, -0.15) is 15.0 Å². The van der Waals surface area contributed by atoms with E-state index in [2.05, 4.69) is 15.0 Å². The first-order chi connectivity index (χ1) is 8.47. The molecule has 2 heterocycles. The summed E-state index contributed by atoms with van der Waals surface area (Å²) >= 11 is 5.91. The first-order valence-corrected chi connectivity index (χ1v) is 6.37. The molecule has 0 spiro atoms. The van der Waals surface area contributed by atoms with E-state index in [9.17, 15) is 5.11 Å². The Morgan fingerprint density at radius 3 is 2.67 bits per heavy atom. The van der Waals surface area contributed by atoms with Gasteiger partial charge in [0.05, 0.1) is 6.10 Å². The zero-order valence-corrected chi connectivity index (χ0v) is 11.6. The lowest BCUT2D eigenvalue weighted by Gasteiger charge is -2.19. The van der Waals surface area contributed by atoms with Crippen LogP contribution in [0, 0.1) is 5.92 Å². The number of aromatic nitrogens is 3. The van der Waals surface area contributed by atoms with Gasteiger partial charge < -0.3 is 14.9 Å². The van der Waals surface area contributed by atoms with Crippen LogP contribution in [0.3, 0.4) is 0 Å². The summed E-state index contributed by atoms with van der Waals surface area (Å²) in [6, 6.07) is 0. The summed E-state index contributed by atoms with van der Waals surface area (Å²) in [7, 11) is 3.72. The minimum Gasteiger partial charge on any atom is -0.393 e. The topological polar surface area (TPSA) is 65.4 Å². The maximum Gasteiger partial charge on any atom is 0.231 e. The molecule has 1 fully saturated rings. The number of anilines is 2. The Kier molecular flexibility index (Phi) is 3.87. The fourth-order valence-electron chi connectivity index (χ4n) is 2.03. The zero-order chi connectivity index (χ0) is 13.3. The van der Waals surface area contributed by atoms with E-state index in [4.69, 9.17) is 11.6 Å². The zero-order valence-electron chi connectivity index (χ0n) is 10.8. The number of hydrogen-bond donors (Lipinski definition) is 1. The average Bonchev–Trinajstić information content (AvgIpc) is 2.77. The van der Waals surface area contributed by atoms with Crippen LogP contribution >= 0.6 is 11.6 Å². The Bertz CT molecular complexity index is 426. The normalized spacial score (nSPS) is 21.2. The van der Waals surface area contributed by atoms with Crippen molar-refractivity contribution in [3.8, 4) is 0 Å². The molecule has 1 aliphatic rings. The Morgan fingerprint density at radius 2 is 2.11 bits per heavy atom. The van der Waals surface area contributed by atoms with E-state index >= 15 is 0 Å². The molecule has 0 amide bonds. The molecule has 2 atom stereocenters. The average molecular weight is 272 g/mol. The molecular weight excluding hydrogens is 254 g/mol. The molecule has 1 aromatic rings. The highest BCUT2D eigenvalue weighted by Crippen LogP contribution is 2.24. The summed E-state index contributed by atoms with van der Waals surface area (Å²) in [4.78, 5) is 16.4. The van der Waals surface area contributed by atoms with E-state index < -0.39 is 0 Å². The summed E-state index contributed by atoms with van der Waals surface area (Å²) in [6.45, 7) is 3.41. The molecule has 0 aliphatic carbocycles. The van der Waals surface area contributed by atoms with Gasteiger partial charge in [-0.05, 0) is 24.9 Å². The molecule has 1 N–H and O–H groups in total. The minimum atomic E-state index is -0.305. The summed E-state index contributed by atoms with van der Waals surface area (Å²) in [5.74, 6) is 1.40. The predicted molar refractivity (Wildman–Crippen MR) is 71.2 cm³/mol. The maximum absolute atomic E-state index is 9.60. The van der Waals surface area contributed by atoms with Gasteiger partial charge in [-0.25, -0.2) is 0 Å². The van der Waals surface area contributed by atoms with Gasteiger partial charge in [0.2, 0.25) is 17.2 Å². The minimum absolute atomic E-state index is 0.198. The van der Waals surface area contributed by atoms with E-state index in [1.54, 1.807) is 4.90 Å². The highest BCUT2D eigenvalue weighted by molar-refractivity contribution is 6.28. The van der Waals surface area contributed by atoms with Crippen LogP contribution < -0.4 is 9.80 Å². The number of hydrogen-bond acceptors (Lipinski definition) is 6. The van der Waals surface area contributed by atoms with Gasteiger partial charge in [-0.3, -0.25) is 0 Å². The third kappa shape index (κ3) is 2.81. The second kappa shape index (κ2) is 5.24. The van der Waals surface area contributed by atoms with Gasteiger partial charge in [0.1, 0.15) is 0 Å². The van der Waals surface area contributed by atoms with Crippen LogP contribution in [-0.2, 0) is 0 Å². The number of aliphatic hydroxyl groups is 1. The van der Waals surface area contributed by atoms with Crippen LogP contribution in [0.1, 0.15) is 13.3 Å². The Labute approximate surface area is 112 Å².